The lowest BCUT2D eigenvalue weighted by Crippen LogP contribution is -2.18. The minimum atomic E-state index is -2.41. The van der Waals surface area contributed by atoms with Gasteiger partial charge in [-0.2, -0.15) is 0 Å². The maximum absolute atomic E-state index is 12.4. The van der Waals surface area contributed by atoms with Gasteiger partial charge in [0.2, 0.25) is 0 Å². The first-order valence-electron chi connectivity index (χ1n) is 6.42. The van der Waals surface area contributed by atoms with Gasteiger partial charge in [0, 0.05) is 23.2 Å². The molecule has 4 heteroatoms. The number of benzene rings is 2. The van der Waals surface area contributed by atoms with Crippen LogP contribution in [0.15, 0.2) is 48.5 Å². The molecule has 20 heavy (non-hydrogen) atoms. The molecule has 0 saturated heterocycles. The predicted octanol–water partition coefficient (Wildman–Crippen LogP) is 5.13. The van der Waals surface area contributed by atoms with E-state index in [9.17, 15) is 8.78 Å². The minimum absolute atomic E-state index is 0.0524. The summed E-state index contributed by atoms with van der Waals surface area (Å²) >= 11 is 5.95. The third-order valence-electron chi connectivity index (χ3n) is 3.19. The van der Waals surface area contributed by atoms with Crippen molar-refractivity contribution in [3.63, 3.8) is 0 Å². The molecule has 1 atom stereocenters. The van der Waals surface area contributed by atoms with Crippen molar-refractivity contribution in [2.45, 2.75) is 25.9 Å². The molecule has 0 heterocycles. The number of hydrogen-bond donors (Lipinski definition) is 1. The molecular weight excluding hydrogens is 280 g/mol. The van der Waals surface area contributed by atoms with Crippen molar-refractivity contribution < 1.29 is 8.78 Å². The van der Waals surface area contributed by atoms with Crippen LogP contribution in [-0.4, -0.2) is 0 Å². The molecule has 0 fully saturated rings. The first-order valence-corrected chi connectivity index (χ1v) is 6.80. The normalized spacial score (nSPS) is 12.7. The molecule has 0 radical (unpaired) electrons. The quantitative estimate of drug-likeness (QED) is 0.806. The molecule has 2 aromatic rings. The fraction of sp³-hybridized carbons (Fsp3) is 0.250. The molecular formula is C16H16ClF2N. The Morgan fingerprint density at radius 1 is 1.05 bits per heavy atom. The molecule has 0 bridgehead atoms. The van der Waals surface area contributed by atoms with Crippen LogP contribution in [0.2, 0.25) is 5.02 Å². The van der Waals surface area contributed by atoms with E-state index >= 15 is 0 Å². The summed E-state index contributed by atoms with van der Waals surface area (Å²) < 4.78 is 24.9. The Labute approximate surface area is 122 Å². The van der Waals surface area contributed by atoms with E-state index in [1.165, 1.54) is 12.1 Å². The minimum Gasteiger partial charge on any atom is -0.306 e. The molecule has 2 rings (SSSR count). The van der Waals surface area contributed by atoms with Crippen molar-refractivity contribution >= 4 is 11.6 Å². The molecule has 0 aromatic heterocycles. The Hall–Kier alpha value is -1.45. The van der Waals surface area contributed by atoms with Gasteiger partial charge in [-0.25, -0.2) is 8.78 Å². The predicted molar refractivity (Wildman–Crippen MR) is 78.1 cm³/mol. The number of halogens is 3. The number of hydrogen-bond acceptors (Lipinski definition) is 1. The summed E-state index contributed by atoms with van der Waals surface area (Å²) in [5, 5.41) is 4.05. The monoisotopic (exact) mass is 295 g/mol. The molecule has 106 valence electrons. The van der Waals surface area contributed by atoms with Crippen LogP contribution in [0.3, 0.4) is 0 Å². The van der Waals surface area contributed by atoms with Crippen LogP contribution in [0.25, 0.3) is 0 Å². The van der Waals surface area contributed by atoms with Crippen LogP contribution in [0.1, 0.15) is 36.1 Å². The lowest BCUT2D eigenvalue weighted by molar-refractivity contribution is 0.151. The Bertz CT molecular complexity index is 555. The summed E-state index contributed by atoms with van der Waals surface area (Å²) in [6, 6.07) is 14.2. The van der Waals surface area contributed by atoms with Gasteiger partial charge in [-0.1, -0.05) is 48.0 Å². The Balaban J connectivity index is 1.94. The number of rotatable bonds is 5. The van der Waals surface area contributed by atoms with E-state index in [2.05, 4.69) is 5.32 Å². The van der Waals surface area contributed by atoms with Gasteiger partial charge in [-0.05, 0) is 30.2 Å². The molecule has 0 amide bonds. The first kappa shape index (κ1) is 14.9. The topological polar surface area (TPSA) is 12.0 Å². The molecule has 0 spiro atoms. The molecule has 1 unspecified atom stereocenters. The zero-order valence-electron chi connectivity index (χ0n) is 11.1. The van der Waals surface area contributed by atoms with Crippen molar-refractivity contribution in [1.82, 2.24) is 5.32 Å². The lowest BCUT2D eigenvalue weighted by atomic mass is 10.1. The summed E-state index contributed by atoms with van der Waals surface area (Å²) in [4.78, 5) is 0. The van der Waals surface area contributed by atoms with E-state index in [4.69, 9.17) is 11.6 Å². The summed E-state index contributed by atoms with van der Waals surface area (Å²) in [6.07, 6.45) is -2.41. The number of nitrogens with one attached hydrogen (secondary N) is 1. The molecule has 1 N–H and O–H groups in total. The Morgan fingerprint density at radius 2 is 1.75 bits per heavy atom. The van der Waals surface area contributed by atoms with Crippen molar-refractivity contribution in [3.05, 3.63) is 70.2 Å². The lowest BCUT2D eigenvalue weighted by Gasteiger charge is -2.14. The molecule has 0 saturated carbocycles. The van der Waals surface area contributed by atoms with E-state index in [0.29, 0.717) is 11.6 Å². The maximum Gasteiger partial charge on any atom is 0.263 e. The summed E-state index contributed by atoms with van der Waals surface area (Å²) in [6.45, 7) is 2.66. The van der Waals surface area contributed by atoms with Crippen LogP contribution in [0.5, 0.6) is 0 Å². The van der Waals surface area contributed by atoms with Crippen molar-refractivity contribution in [2.24, 2.45) is 0 Å². The van der Waals surface area contributed by atoms with Crippen molar-refractivity contribution in [1.29, 1.82) is 0 Å². The number of alkyl halides is 2. The summed E-state index contributed by atoms with van der Waals surface area (Å²) in [5.41, 5.74) is 2.13. The van der Waals surface area contributed by atoms with Crippen LogP contribution in [0.4, 0.5) is 8.78 Å². The van der Waals surface area contributed by atoms with E-state index in [-0.39, 0.29) is 11.6 Å². The average Bonchev–Trinajstić information content (AvgIpc) is 2.45. The van der Waals surface area contributed by atoms with Gasteiger partial charge in [-0.3, -0.25) is 0 Å². The summed E-state index contributed by atoms with van der Waals surface area (Å²) in [7, 11) is 0. The fourth-order valence-corrected chi connectivity index (χ4v) is 2.14. The molecule has 0 aliphatic rings. The molecule has 0 aliphatic heterocycles. The Morgan fingerprint density at radius 3 is 2.35 bits per heavy atom. The van der Waals surface area contributed by atoms with Gasteiger partial charge < -0.3 is 5.32 Å². The van der Waals surface area contributed by atoms with E-state index < -0.39 is 6.43 Å². The van der Waals surface area contributed by atoms with Gasteiger partial charge >= 0.3 is 0 Å². The fourth-order valence-electron chi connectivity index (χ4n) is 1.95. The van der Waals surface area contributed by atoms with Gasteiger partial charge in [-0.15, -0.1) is 0 Å². The third-order valence-corrected chi connectivity index (χ3v) is 3.43. The second-order valence-electron chi connectivity index (χ2n) is 4.70. The van der Waals surface area contributed by atoms with Crippen molar-refractivity contribution in [3.8, 4) is 0 Å². The highest BCUT2D eigenvalue weighted by molar-refractivity contribution is 6.30. The standard InChI is InChI=1S/C16H16ClF2N/c1-11(14-3-2-4-15(17)9-14)20-10-12-5-7-13(8-6-12)16(18)19/h2-9,11,16,20H,10H2,1H3. The van der Waals surface area contributed by atoms with Crippen molar-refractivity contribution in [2.75, 3.05) is 0 Å². The van der Waals surface area contributed by atoms with E-state index in [1.54, 1.807) is 12.1 Å². The highest BCUT2D eigenvalue weighted by atomic mass is 35.5. The van der Waals surface area contributed by atoms with Gasteiger partial charge in [0.15, 0.2) is 0 Å². The second-order valence-corrected chi connectivity index (χ2v) is 5.14. The summed E-state index contributed by atoms with van der Waals surface area (Å²) in [5.74, 6) is 0. The molecule has 2 aromatic carbocycles. The third kappa shape index (κ3) is 4.02. The SMILES string of the molecule is CC(NCc1ccc(C(F)F)cc1)c1cccc(Cl)c1. The highest BCUT2D eigenvalue weighted by Gasteiger charge is 2.07. The van der Waals surface area contributed by atoms with Crippen LogP contribution in [0, 0.1) is 0 Å². The molecule has 0 aliphatic carbocycles. The zero-order valence-corrected chi connectivity index (χ0v) is 11.9. The smallest absolute Gasteiger partial charge is 0.263 e. The van der Waals surface area contributed by atoms with Gasteiger partial charge in [0.1, 0.15) is 0 Å². The maximum atomic E-state index is 12.4. The second kappa shape index (κ2) is 6.82. The van der Waals surface area contributed by atoms with E-state index in [0.717, 1.165) is 11.1 Å². The first-order chi connectivity index (χ1) is 9.56. The molecule has 1 nitrogen and oxygen atoms in total. The van der Waals surface area contributed by atoms with Gasteiger partial charge in [0.25, 0.3) is 6.43 Å². The Kier molecular flexibility index (Phi) is 5.10. The largest absolute Gasteiger partial charge is 0.306 e. The van der Waals surface area contributed by atoms with Crippen LogP contribution in [-0.2, 0) is 6.54 Å². The van der Waals surface area contributed by atoms with E-state index in [1.807, 2.05) is 31.2 Å². The average molecular weight is 296 g/mol. The zero-order chi connectivity index (χ0) is 14.5. The highest BCUT2D eigenvalue weighted by Crippen LogP contribution is 2.20. The van der Waals surface area contributed by atoms with Crippen LogP contribution >= 0.6 is 11.6 Å². The van der Waals surface area contributed by atoms with Crippen LogP contribution < -0.4 is 5.32 Å². The van der Waals surface area contributed by atoms with Gasteiger partial charge in [0.05, 0.1) is 0 Å².